The molecule has 10 heteroatoms. The van der Waals surface area contributed by atoms with Crippen molar-refractivity contribution >= 4 is 22.7 Å². The van der Waals surface area contributed by atoms with E-state index < -0.39 is 24.9 Å². The van der Waals surface area contributed by atoms with Gasteiger partial charge in [0.2, 0.25) is 0 Å². The zero-order valence-corrected chi connectivity index (χ0v) is 28.3. The molecule has 0 saturated heterocycles. The molecule has 8 nitrogen and oxygen atoms in total. The van der Waals surface area contributed by atoms with E-state index in [0.29, 0.717) is 0 Å². The van der Waals surface area contributed by atoms with E-state index in [9.17, 15) is 0 Å². The summed E-state index contributed by atoms with van der Waals surface area (Å²) in [7, 11) is 0. The molecule has 0 bridgehead atoms. The fraction of sp³-hybridized carbons (Fsp3) is 0.250. The largest absolute Gasteiger partial charge is 2.00 e. The van der Waals surface area contributed by atoms with Crippen LogP contribution < -0.4 is 0 Å². The first kappa shape index (κ1) is 41.4. The Morgan fingerprint density at radius 2 is 0.476 bits per heavy atom. The van der Waals surface area contributed by atoms with Gasteiger partial charge in [-0.15, -0.1) is 22.7 Å². The van der Waals surface area contributed by atoms with E-state index in [-0.39, 0.29) is 42.1 Å². The average Bonchev–Trinajstić information content (AvgIpc) is 2.91. The van der Waals surface area contributed by atoms with Crippen LogP contribution in [0.4, 0.5) is 22.7 Å². The number of hydrogen-bond acceptors (Lipinski definition) is 4. The fourth-order valence-corrected chi connectivity index (χ4v) is 2.92. The summed E-state index contributed by atoms with van der Waals surface area (Å²) in [5.74, 6) is 0. The first-order valence-electron chi connectivity index (χ1n) is 12.9. The number of hydrogen-bond donors (Lipinski definition) is 4. The Labute approximate surface area is 279 Å². The van der Waals surface area contributed by atoms with Gasteiger partial charge in [-0.1, -0.05) is 149 Å². The van der Waals surface area contributed by atoms with Gasteiger partial charge in [0, 0.05) is 0 Å². The quantitative estimate of drug-likeness (QED) is 0.136. The maximum atomic E-state index is 8.84. The third-order valence-electron chi connectivity index (χ3n) is 4.37. The Kier molecular flexibility index (Phi) is 25.6. The van der Waals surface area contributed by atoms with Gasteiger partial charge in [-0.2, -0.15) is 0 Å². The van der Waals surface area contributed by atoms with Crippen LogP contribution in [0.25, 0.3) is 21.3 Å². The first-order chi connectivity index (χ1) is 19.2. The standard InChI is InChI=1S/4C8H10NO.2Mo/c4*1-7(10)9-8-5-3-2-4-6-8;;/h4*2-7,10H,1H3;;/q4*-1;2*+2. The van der Waals surface area contributed by atoms with Crippen LogP contribution in [0.2, 0.25) is 0 Å². The van der Waals surface area contributed by atoms with Gasteiger partial charge in [-0.05, 0) is 24.9 Å². The molecule has 0 fully saturated rings. The van der Waals surface area contributed by atoms with Crippen molar-refractivity contribution in [3.05, 3.63) is 143 Å². The number of rotatable bonds is 8. The molecule has 0 spiro atoms. The van der Waals surface area contributed by atoms with Crippen LogP contribution in [0.5, 0.6) is 0 Å². The Bertz CT molecular complexity index is 928. The molecule has 0 aliphatic carbocycles. The summed E-state index contributed by atoms with van der Waals surface area (Å²) in [6, 6.07) is 37.6. The van der Waals surface area contributed by atoms with Gasteiger partial charge in [-0.25, -0.2) is 0 Å². The van der Waals surface area contributed by atoms with Crippen LogP contribution in [-0.2, 0) is 42.1 Å². The number of para-hydroxylation sites is 4. The minimum Gasteiger partial charge on any atom is -0.660 e. The van der Waals surface area contributed by atoms with Crippen LogP contribution in [0.3, 0.4) is 0 Å². The monoisotopic (exact) mass is 740 g/mol. The van der Waals surface area contributed by atoms with Crippen LogP contribution in [0.15, 0.2) is 121 Å². The van der Waals surface area contributed by atoms with Crippen molar-refractivity contribution in [1.82, 2.24) is 0 Å². The summed E-state index contributed by atoms with van der Waals surface area (Å²) < 4.78 is 0. The zero-order chi connectivity index (χ0) is 29.6. The molecule has 4 rings (SSSR count). The number of aliphatic hydroxyl groups is 4. The van der Waals surface area contributed by atoms with Crippen LogP contribution >= 0.6 is 0 Å². The van der Waals surface area contributed by atoms with E-state index in [1.54, 1.807) is 27.7 Å². The Morgan fingerprint density at radius 3 is 0.595 bits per heavy atom. The van der Waals surface area contributed by atoms with Crippen LogP contribution in [0.1, 0.15) is 27.7 Å². The van der Waals surface area contributed by atoms with Crippen molar-refractivity contribution in [2.75, 3.05) is 0 Å². The predicted octanol–water partition coefficient (Wildman–Crippen LogP) is 8.12. The molecule has 4 atom stereocenters. The predicted molar refractivity (Wildman–Crippen MR) is 165 cm³/mol. The van der Waals surface area contributed by atoms with Crippen molar-refractivity contribution in [2.45, 2.75) is 52.6 Å². The first-order valence-corrected chi connectivity index (χ1v) is 12.9. The normalized spacial score (nSPS) is 12.0. The van der Waals surface area contributed by atoms with Crippen molar-refractivity contribution in [3.63, 3.8) is 0 Å². The molecular formula is C32H40Mo2N4O4. The summed E-state index contributed by atoms with van der Waals surface area (Å²) in [6.07, 6.45) is -2.44. The van der Waals surface area contributed by atoms with Gasteiger partial charge in [0.25, 0.3) is 0 Å². The van der Waals surface area contributed by atoms with E-state index >= 15 is 0 Å². The van der Waals surface area contributed by atoms with Gasteiger partial charge >= 0.3 is 42.1 Å². The minimum absolute atomic E-state index is 0. The summed E-state index contributed by atoms with van der Waals surface area (Å²) >= 11 is 0. The number of nitrogens with zero attached hydrogens (tertiary/aromatic N) is 4. The molecule has 0 amide bonds. The third-order valence-corrected chi connectivity index (χ3v) is 4.37. The smallest absolute Gasteiger partial charge is 0.660 e. The molecule has 4 unspecified atom stereocenters. The molecule has 4 N–H and O–H groups in total. The van der Waals surface area contributed by atoms with E-state index in [1.165, 1.54) is 0 Å². The summed E-state index contributed by atoms with van der Waals surface area (Å²) in [5, 5.41) is 51.0. The molecule has 0 aliphatic heterocycles. The zero-order valence-electron chi connectivity index (χ0n) is 24.3. The molecule has 224 valence electrons. The summed E-state index contributed by atoms with van der Waals surface area (Å²) in [6.45, 7) is 6.53. The molecule has 0 aliphatic rings. The molecule has 0 saturated carbocycles. The second-order valence-electron chi connectivity index (χ2n) is 8.39. The molecule has 4 aromatic carbocycles. The van der Waals surface area contributed by atoms with Gasteiger partial charge in [0.15, 0.2) is 0 Å². The van der Waals surface area contributed by atoms with E-state index in [4.69, 9.17) is 20.4 Å². The maximum Gasteiger partial charge on any atom is 2.00 e. The molecular weight excluding hydrogens is 696 g/mol. The van der Waals surface area contributed by atoms with Crippen molar-refractivity contribution < 1.29 is 62.6 Å². The number of benzene rings is 4. The van der Waals surface area contributed by atoms with Gasteiger partial charge in [-0.3, -0.25) is 0 Å². The molecule has 0 radical (unpaired) electrons. The van der Waals surface area contributed by atoms with E-state index in [1.807, 2.05) is 121 Å². The van der Waals surface area contributed by atoms with E-state index in [2.05, 4.69) is 21.3 Å². The molecule has 0 heterocycles. The van der Waals surface area contributed by atoms with Crippen LogP contribution in [-0.4, -0.2) is 45.3 Å². The molecule has 0 aromatic heterocycles. The minimum atomic E-state index is -0.609. The fourth-order valence-electron chi connectivity index (χ4n) is 2.92. The van der Waals surface area contributed by atoms with Crippen molar-refractivity contribution in [3.8, 4) is 0 Å². The Morgan fingerprint density at radius 1 is 0.333 bits per heavy atom. The SMILES string of the molecule is CC(O)[N-]c1ccccc1.CC(O)[N-]c1ccccc1.CC(O)[N-]c1ccccc1.CC(O)[N-]c1ccccc1.[Mo+2].[Mo+2]. The Balaban J connectivity index is 0. The van der Waals surface area contributed by atoms with Crippen molar-refractivity contribution in [1.29, 1.82) is 0 Å². The van der Waals surface area contributed by atoms with Crippen LogP contribution in [0, 0.1) is 0 Å². The van der Waals surface area contributed by atoms with Gasteiger partial charge in [0.05, 0.1) is 0 Å². The maximum absolute atomic E-state index is 8.84. The Hall–Kier alpha value is -2.70. The topological polar surface area (TPSA) is 137 Å². The second kappa shape index (κ2) is 26.0. The average molecular weight is 737 g/mol. The summed E-state index contributed by atoms with van der Waals surface area (Å²) in [4.78, 5) is 0. The van der Waals surface area contributed by atoms with E-state index in [0.717, 1.165) is 22.7 Å². The van der Waals surface area contributed by atoms with Crippen molar-refractivity contribution in [2.24, 2.45) is 0 Å². The van der Waals surface area contributed by atoms with Gasteiger partial charge < -0.3 is 41.7 Å². The summed E-state index contributed by atoms with van der Waals surface area (Å²) in [5.41, 5.74) is 3.27. The second-order valence-corrected chi connectivity index (χ2v) is 8.39. The number of aliphatic hydroxyl groups excluding tert-OH is 4. The molecule has 4 aromatic rings. The third kappa shape index (κ3) is 23.9. The van der Waals surface area contributed by atoms with Gasteiger partial charge in [0.1, 0.15) is 0 Å². The molecule has 42 heavy (non-hydrogen) atoms.